The molecule has 0 unspecified atom stereocenters. The summed E-state index contributed by atoms with van der Waals surface area (Å²) < 4.78 is 28.0. The standard InChI is InChI=1S/C19H26N4O3S.HI/c20-27(24,25)18-9-7-15(8-10-18)14-22-19(23-16-4-1-2-5-16)21-12-11-17-6-3-13-26-17;/h3,6-10,13,16H,1-2,4-5,11-12,14H2,(H2,20,24,25)(H2,21,22,23);1H. The van der Waals surface area contributed by atoms with E-state index < -0.39 is 10.0 Å². The molecule has 1 aromatic carbocycles. The van der Waals surface area contributed by atoms with Crippen molar-refractivity contribution in [2.75, 3.05) is 6.54 Å². The summed E-state index contributed by atoms with van der Waals surface area (Å²) in [5, 5.41) is 12.0. The van der Waals surface area contributed by atoms with Crippen LogP contribution in [-0.2, 0) is 23.0 Å². The largest absolute Gasteiger partial charge is 0.469 e. The summed E-state index contributed by atoms with van der Waals surface area (Å²) in [6.07, 6.45) is 7.25. The molecular weight excluding hydrogens is 491 g/mol. The molecule has 1 aromatic heterocycles. The van der Waals surface area contributed by atoms with Gasteiger partial charge in [-0.05, 0) is 42.7 Å². The van der Waals surface area contributed by atoms with Crippen molar-refractivity contribution in [1.29, 1.82) is 0 Å². The van der Waals surface area contributed by atoms with Crippen molar-refractivity contribution in [1.82, 2.24) is 10.6 Å². The zero-order valence-corrected chi connectivity index (χ0v) is 18.8. The average molecular weight is 518 g/mol. The third-order valence-corrected chi connectivity index (χ3v) is 5.54. The molecule has 1 aliphatic rings. The maximum Gasteiger partial charge on any atom is 0.238 e. The van der Waals surface area contributed by atoms with Gasteiger partial charge in [0.25, 0.3) is 0 Å². The van der Waals surface area contributed by atoms with E-state index in [-0.39, 0.29) is 28.9 Å². The van der Waals surface area contributed by atoms with Crippen molar-refractivity contribution in [2.24, 2.45) is 10.1 Å². The minimum Gasteiger partial charge on any atom is -0.469 e. The van der Waals surface area contributed by atoms with Gasteiger partial charge >= 0.3 is 0 Å². The summed E-state index contributed by atoms with van der Waals surface area (Å²) in [6.45, 7) is 1.17. The summed E-state index contributed by atoms with van der Waals surface area (Å²) in [5.41, 5.74) is 0.918. The number of hydrogen-bond acceptors (Lipinski definition) is 4. The first-order valence-electron chi connectivity index (χ1n) is 9.20. The Labute approximate surface area is 183 Å². The van der Waals surface area contributed by atoms with E-state index >= 15 is 0 Å². The number of nitrogens with two attached hydrogens (primary N) is 1. The number of primary sulfonamides is 1. The minimum absolute atomic E-state index is 0. The van der Waals surface area contributed by atoms with Crippen LogP contribution in [0.25, 0.3) is 0 Å². The summed E-state index contributed by atoms with van der Waals surface area (Å²) >= 11 is 0. The number of furan rings is 1. The number of guanidine groups is 1. The Morgan fingerprint density at radius 1 is 1.18 bits per heavy atom. The van der Waals surface area contributed by atoms with Gasteiger partial charge in [0.1, 0.15) is 5.76 Å². The highest BCUT2D eigenvalue weighted by Gasteiger charge is 2.16. The van der Waals surface area contributed by atoms with E-state index in [1.165, 1.54) is 25.0 Å². The molecule has 3 rings (SSSR count). The van der Waals surface area contributed by atoms with Crippen LogP contribution in [0.4, 0.5) is 0 Å². The van der Waals surface area contributed by atoms with Gasteiger partial charge in [0.2, 0.25) is 10.0 Å². The first-order valence-corrected chi connectivity index (χ1v) is 10.7. The zero-order chi connectivity index (χ0) is 19.1. The fourth-order valence-electron chi connectivity index (χ4n) is 3.13. The molecule has 1 heterocycles. The molecule has 1 saturated carbocycles. The van der Waals surface area contributed by atoms with Crippen LogP contribution in [0.1, 0.15) is 37.0 Å². The number of benzene rings is 1. The second-order valence-corrected chi connectivity index (χ2v) is 8.30. The maximum atomic E-state index is 11.3. The zero-order valence-electron chi connectivity index (χ0n) is 15.6. The molecule has 28 heavy (non-hydrogen) atoms. The summed E-state index contributed by atoms with van der Waals surface area (Å²) in [4.78, 5) is 4.76. The van der Waals surface area contributed by atoms with Crippen LogP contribution < -0.4 is 15.8 Å². The Kier molecular flexibility index (Phi) is 8.77. The molecule has 0 spiro atoms. The van der Waals surface area contributed by atoms with Crippen LogP contribution in [0.3, 0.4) is 0 Å². The third-order valence-electron chi connectivity index (χ3n) is 4.61. The highest BCUT2D eigenvalue weighted by molar-refractivity contribution is 14.0. The quantitative estimate of drug-likeness (QED) is 0.297. The molecule has 0 amide bonds. The van der Waals surface area contributed by atoms with Crippen LogP contribution in [0.2, 0.25) is 0 Å². The molecule has 0 atom stereocenters. The third kappa shape index (κ3) is 7.10. The molecule has 154 valence electrons. The molecule has 4 N–H and O–H groups in total. The average Bonchev–Trinajstić information content (AvgIpc) is 3.33. The van der Waals surface area contributed by atoms with Crippen LogP contribution in [0, 0.1) is 0 Å². The van der Waals surface area contributed by atoms with Crippen molar-refractivity contribution >= 4 is 40.0 Å². The van der Waals surface area contributed by atoms with Gasteiger partial charge in [-0.3, -0.25) is 0 Å². The SMILES string of the molecule is I.NS(=O)(=O)c1ccc(CN=C(NCCc2ccco2)NC2CCCC2)cc1. The van der Waals surface area contributed by atoms with Crippen LogP contribution in [0.5, 0.6) is 0 Å². The Bertz CT molecular complexity index is 846. The van der Waals surface area contributed by atoms with E-state index in [1.54, 1.807) is 18.4 Å². The van der Waals surface area contributed by atoms with Crippen molar-refractivity contribution in [3.05, 3.63) is 54.0 Å². The molecule has 7 nitrogen and oxygen atoms in total. The predicted molar refractivity (Wildman–Crippen MR) is 120 cm³/mol. The van der Waals surface area contributed by atoms with Gasteiger partial charge in [0, 0.05) is 19.0 Å². The number of sulfonamides is 1. The fraction of sp³-hybridized carbons (Fsp3) is 0.421. The van der Waals surface area contributed by atoms with Gasteiger partial charge in [0.15, 0.2) is 5.96 Å². The lowest BCUT2D eigenvalue weighted by Crippen LogP contribution is -2.43. The second-order valence-electron chi connectivity index (χ2n) is 6.74. The molecule has 1 fully saturated rings. The van der Waals surface area contributed by atoms with Gasteiger partial charge in [0.05, 0.1) is 17.7 Å². The van der Waals surface area contributed by atoms with Crippen molar-refractivity contribution in [3.8, 4) is 0 Å². The maximum absolute atomic E-state index is 11.3. The lowest BCUT2D eigenvalue weighted by molar-refractivity contribution is 0.506. The second kappa shape index (κ2) is 10.8. The predicted octanol–water partition coefficient (Wildman–Crippen LogP) is 2.77. The molecule has 0 aliphatic heterocycles. The molecule has 0 bridgehead atoms. The number of nitrogens with zero attached hydrogens (tertiary/aromatic N) is 1. The summed E-state index contributed by atoms with van der Waals surface area (Å²) in [7, 11) is -3.67. The van der Waals surface area contributed by atoms with Gasteiger partial charge in [-0.2, -0.15) is 0 Å². The lowest BCUT2D eigenvalue weighted by atomic mass is 10.2. The molecule has 0 saturated heterocycles. The van der Waals surface area contributed by atoms with Crippen LogP contribution in [0.15, 0.2) is 57.0 Å². The number of rotatable bonds is 7. The number of hydrogen-bond donors (Lipinski definition) is 3. The highest BCUT2D eigenvalue weighted by atomic mass is 127. The Balaban J connectivity index is 0.00000280. The van der Waals surface area contributed by atoms with Gasteiger partial charge in [-0.15, -0.1) is 24.0 Å². The Hall–Kier alpha value is -1.59. The van der Waals surface area contributed by atoms with Crippen molar-refractivity contribution in [3.63, 3.8) is 0 Å². The number of nitrogens with one attached hydrogen (secondary N) is 2. The van der Waals surface area contributed by atoms with E-state index in [0.29, 0.717) is 12.6 Å². The Morgan fingerprint density at radius 3 is 2.50 bits per heavy atom. The summed E-state index contributed by atoms with van der Waals surface area (Å²) in [6, 6.07) is 10.8. The number of aliphatic imine (C=N–C) groups is 1. The van der Waals surface area contributed by atoms with Crippen LogP contribution in [-0.4, -0.2) is 27.0 Å². The lowest BCUT2D eigenvalue weighted by Gasteiger charge is -2.17. The normalized spacial score (nSPS) is 15.2. The van der Waals surface area contributed by atoms with Crippen molar-refractivity contribution in [2.45, 2.75) is 49.6 Å². The Morgan fingerprint density at radius 2 is 1.89 bits per heavy atom. The van der Waals surface area contributed by atoms with E-state index in [2.05, 4.69) is 15.6 Å². The van der Waals surface area contributed by atoms with Gasteiger partial charge < -0.3 is 15.1 Å². The first-order chi connectivity index (χ1) is 13.0. The van der Waals surface area contributed by atoms with Crippen LogP contribution >= 0.6 is 24.0 Å². The van der Waals surface area contributed by atoms with E-state index in [1.807, 2.05) is 12.1 Å². The monoisotopic (exact) mass is 518 g/mol. The molecular formula is C19H27IN4O3S. The fourth-order valence-corrected chi connectivity index (χ4v) is 3.65. The van der Waals surface area contributed by atoms with E-state index in [4.69, 9.17) is 9.56 Å². The number of halogens is 1. The van der Waals surface area contributed by atoms with E-state index in [9.17, 15) is 8.42 Å². The van der Waals surface area contributed by atoms with Gasteiger partial charge in [-0.1, -0.05) is 25.0 Å². The molecule has 1 aliphatic carbocycles. The highest BCUT2D eigenvalue weighted by Crippen LogP contribution is 2.17. The smallest absolute Gasteiger partial charge is 0.238 e. The molecule has 2 aromatic rings. The van der Waals surface area contributed by atoms with Crippen molar-refractivity contribution < 1.29 is 12.8 Å². The molecule has 9 heteroatoms. The van der Waals surface area contributed by atoms with E-state index in [0.717, 1.165) is 43.1 Å². The minimum atomic E-state index is -3.67. The first kappa shape index (κ1) is 22.7. The molecule has 0 radical (unpaired) electrons. The summed E-state index contributed by atoms with van der Waals surface area (Å²) in [5.74, 6) is 1.70. The topological polar surface area (TPSA) is 110 Å². The van der Waals surface area contributed by atoms with Gasteiger partial charge in [-0.25, -0.2) is 18.5 Å².